The molecule has 1 atom stereocenters. The molecule has 6 heteroatoms. The van der Waals surface area contributed by atoms with Crippen molar-refractivity contribution in [3.05, 3.63) is 69.5 Å². The lowest BCUT2D eigenvalue weighted by Gasteiger charge is -2.09. The highest BCUT2D eigenvalue weighted by molar-refractivity contribution is 9.10. The zero-order chi connectivity index (χ0) is 16.2. The molecule has 2 N–H and O–H groups in total. The van der Waals surface area contributed by atoms with Crippen molar-refractivity contribution < 1.29 is 9.73 Å². The van der Waals surface area contributed by atoms with E-state index in [0.29, 0.717) is 18.3 Å². The normalized spacial score (nSPS) is 12.3. The molecule has 1 aromatic heterocycles. The smallest absolute Gasteiger partial charge is 0.271 e. The molecule has 0 saturated carbocycles. The van der Waals surface area contributed by atoms with Gasteiger partial charge in [-0.1, -0.05) is 35.9 Å². The van der Waals surface area contributed by atoms with E-state index in [2.05, 4.69) is 38.4 Å². The van der Waals surface area contributed by atoms with Crippen LogP contribution in [0.4, 0.5) is 0 Å². The van der Waals surface area contributed by atoms with Crippen LogP contribution >= 0.6 is 27.5 Å². The average Bonchev–Trinajstić information content (AvgIpc) is 3.02. The van der Waals surface area contributed by atoms with Gasteiger partial charge in [0.2, 0.25) is 5.89 Å². The van der Waals surface area contributed by atoms with Crippen LogP contribution in [0.15, 0.2) is 57.4 Å². The van der Waals surface area contributed by atoms with Crippen LogP contribution in [-0.2, 0) is 6.54 Å². The van der Waals surface area contributed by atoms with Gasteiger partial charge in [-0.3, -0.25) is 0 Å². The molecule has 0 radical (unpaired) electrons. The first-order valence-electron chi connectivity index (χ1n) is 7.29. The molecule has 0 fully saturated rings. The zero-order valence-corrected chi connectivity index (χ0v) is 14.9. The molecule has 0 aliphatic rings. The van der Waals surface area contributed by atoms with Crippen molar-refractivity contribution >= 4 is 27.5 Å². The van der Waals surface area contributed by atoms with E-state index in [1.807, 2.05) is 48.5 Å². The molecule has 3 aromatic rings. The SMILES string of the molecule is C[C@H]([NH2+]Cc1nnc(-c2ccccc2Br)o1)c1ccc(Cl)cc1. The maximum atomic E-state index is 5.92. The van der Waals surface area contributed by atoms with Crippen molar-refractivity contribution in [2.24, 2.45) is 0 Å². The lowest BCUT2D eigenvalue weighted by Crippen LogP contribution is -2.83. The topological polar surface area (TPSA) is 55.5 Å². The van der Waals surface area contributed by atoms with Gasteiger partial charge in [0.05, 0.1) is 5.56 Å². The van der Waals surface area contributed by atoms with Gasteiger partial charge in [-0.15, -0.1) is 10.2 Å². The van der Waals surface area contributed by atoms with Crippen molar-refractivity contribution in [1.82, 2.24) is 10.2 Å². The fraction of sp³-hybridized carbons (Fsp3) is 0.176. The largest absolute Gasteiger partial charge is 0.415 e. The van der Waals surface area contributed by atoms with Crippen LogP contribution < -0.4 is 5.32 Å². The summed E-state index contributed by atoms with van der Waals surface area (Å²) in [6.45, 7) is 2.76. The van der Waals surface area contributed by atoms with E-state index in [1.165, 1.54) is 5.56 Å². The Hall–Kier alpha value is -1.69. The van der Waals surface area contributed by atoms with Gasteiger partial charge >= 0.3 is 0 Å². The second-order valence-electron chi connectivity index (χ2n) is 5.26. The molecule has 4 nitrogen and oxygen atoms in total. The highest BCUT2D eigenvalue weighted by Gasteiger charge is 2.14. The number of rotatable bonds is 5. The maximum Gasteiger partial charge on any atom is 0.271 e. The van der Waals surface area contributed by atoms with E-state index < -0.39 is 0 Å². The molecule has 2 aromatic carbocycles. The zero-order valence-electron chi connectivity index (χ0n) is 12.5. The van der Waals surface area contributed by atoms with Gasteiger partial charge in [-0.05, 0) is 47.1 Å². The molecule has 1 heterocycles. The second-order valence-corrected chi connectivity index (χ2v) is 6.55. The molecule has 23 heavy (non-hydrogen) atoms. The van der Waals surface area contributed by atoms with Crippen LogP contribution in [-0.4, -0.2) is 10.2 Å². The van der Waals surface area contributed by atoms with E-state index in [9.17, 15) is 0 Å². The lowest BCUT2D eigenvalue weighted by atomic mass is 10.1. The Morgan fingerprint density at radius 2 is 1.87 bits per heavy atom. The van der Waals surface area contributed by atoms with E-state index in [-0.39, 0.29) is 6.04 Å². The van der Waals surface area contributed by atoms with Gasteiger partial charge in [-0.25, -0.2) is 0 Å². The highest BCUT2D eigenvalue weighted by Crippen LogP contribution is 2.26. The van der Waals surface area contributed by atoms with E-state index in [4.69, 9.17) is 16.0 Å². The third-order valence-corrected chi connectivity index (χ3v) is 4.56. The number of halogens is 2. The van der Waals surface area contributed by atoms with Crippen molar-refractivity contribution in [2.75, 3.05) is 0 Å². The van der Waals surface area contributed by atoms with E-state index in [0.717, 1.165) is 15.1 Å². The summed E-state index contributed by atoms with van der Waals surface area (Å²) in [6.07, 6.45) is 0. The summed E-state index contributed by atoms with van der Waals surface area (Å²) in [5, 5.41) is 11.1. The summed E-state index contributed by atoms with van der Waals surface area (Å²) in [7, 11) is 0. The third-order valence-electron chi connectivity index (χ3n) is 3.61. The number of nitrogens with zero attached hydrogens (tertiary/aromatic N) is 2. The Bertz CT molecular complexity index is 789. The number of hydrogen-bond donors (Lipinski definition) is 1. The van der Waals surface area contributed by atoms with Crippen LogP contribution in [0.25, 0.3) is 11.5 Å². The Morgan fingerprint density at radius 3 is 2.61 bits per heavy atom. The van der Waals surface area contributed by atoms with Gasteiger partial charge in [0, 0.05) is 15.1 Å². The molecule has 0 unspecified atom stereocenters. The molecule has 0 bridgehead atoms. The lowest BCUT2D eigenvalue weighted by molar-refractivity contribution is -0.709. The standard InChI is InChI=1S/C17H15BrClN3O/c1-11(12-6-8-13(19)9-7-12)20-10-16-21-22-17(23-16)14-4-2-3-5-15(14)18/h2-9,11,20H,10H2,1H3/p+1/t11-/m0/s1. The van der Waals surface area contributed by atoms with E-state index >= 15 is 0 Å². The van der Waals surface area contributed by atoms with Gasteiger partial charge in [0.25, 0.3) is 5.89 Å². The monoisotopic (exact) mass is 392 g/mol. The first kappa shape index (κ1) is 16.2. The van der Waals surface area contributed by atoms with Gasteiger partial charge < -0.3 is 9.73 Å². The van der Waals surface area contributed by atoms with Crippen LogP contribution in [0.5, 0.6) is 0 Å². The Balaban J connectivity index is 1.65. The molecular weight excluding hydrogens is 378 g/mol. The van der Waals surface area contributed by atoms with Gasteiger partial charge in [-0.2, -0.15) is 0 Å². The van der Waals surface area contributed by atoms with Crippen molar-refractivity contribution in [1.29, 1.82) is 0 Å². The molecule has 0 spiro atoms. The number of nitrogens with two attached hydrogens (primary N) is 1. The Kier molecular flexibility index (Phi) is 5.10. The molecule has 0 saturated heterocycles. The number of quaternary nitrogens is 1. The molecule has 0 amide bonds. The quantitative estimate of drug-likeness (QED) is 0.713. The number of benzene rings is 2. The van der Waals surface area contributed by atoms with Crippen LogP contribution in [0, 0.1) is 0 Å². The summed E-state index contributed by atoms with van der Waals surface area (Å²) >= 11 is 9.41. The Labute approximate surface area is 148 Å². The fourth-order valence-electron chi connectivity index (χ4n) is 2.26. The minimum atomic E-state index is 0.283. The predicted octanol–water partition coefficient (Wildman–Crippen LogP) is 3.98. The van der Waals surface area contributed by atoms with E-state index in [1.54, 1.807) is 0 Å². The second kappa shape index (κ2) is 7.25. The molecule has 0 aliphatic heterocycles. The summed E-state index contributed by atoms with van der Waals surface area (Å²) in [6, 6.07) is 15.9. The minimum absolute atomic E-state index is 0.283. The van der Waals surface area contributed by atoms with Gasteiger partial charge in [0.15, 0.2) is 6.54 Å². The maximum absolute atomic E-state index is 5.92. The Morgan fingerprint density at radius 1 is 1.13 bits per heavy atom. The number of hydrogen-bond acceptors (Lipinski definition) is 3. The first-order chi connectivity index (χ1) is 11.1. The van der Waals surface area contributed by atoms with Crippen molar-refractivity contribution in [3.8, 4) is 11.5 Å². The average molecular weight is 394 g/mol. The summed E-state index contributed by atoms with van der Waals surface area (Å²) < 4.78 is 6.69. The van der Waals surface area contributed by atoms with Crippen LogP contribution in [0.2, 0.25) is 5.02 Å². The predicted molar refractivity (Wildman–Crippen MR) is 92.9 cm³/mol. The van der Waals surface area contributed by atoms with Crippen LogP contribution in [0.3, 0.4) is 0 Å². The first-order valence-corrected chi connectivity index (χ1v) is 8.46. The molecule has 118 valence electrons. The summed E-state index contributed by atoms with van der Waals surface area (Å²) in [5.41, 5.74) is 2.11. The minimum Gasteiger partial charge on any atom is -0.415 e. The number of aromatic nitrogens is 2. The van der Waals surface area contributed by atoms with Crippen molar-refractivity contribution in [2.45, 2.75) is 19.5 Å². The van der Waals surface area contributed by atoms with Gasteiger partial charge in [0.1, 0.15) is 6.04 Å². The highest BCUT2D eigenvalue weighted by atomic mass is 79.9. The third kappa shape index (κ3) is 3.99. The van der Waals surface area contributed by atoms with Crippen molar-refractivity contribution in [3.63, 3.8) is 0 Å². The summed E-state index contributed by atoms with van der Waals surface area (Å²) in [4.78, 5) is 0. The molecule has 0 aliphatic carbocycles. The molecular formula is C17H16BrClN3O+. The fourth-order valence-corrected chi connectivity index (χ4v) is 2.84. The van der Waals surface area contributed by atoms with Crippen LogP contribution in [0.1, 0.15) is 24.4 Å². The summed E-state index contributed by atoms with van der Waals surface area (Å²) in [5.74, 6) is 1.14. The molecule has 3 rings (SSSR count).